The summed E-state index contributed by atoms with van der Waals surface area (Å²) in [4.78, 5) is 0. The van der Waals surface area contributed by atoms with Crippen molar-refractivity contribution in [3.8, 4) is 0 Å². The molecule has 19 heavy (non-hydrogen) atoms. The highest BCUT2D eigenvalue weighted by Crippen LogP contribution is 2.45. The van der Waals surface area contributed by atoms with Crippen LogP contribution in [0.25, 0.3) is 0 Å². The first-order valence-electron chi connectivity index (χ1n) is 7.15. The van der Waals surface area contributed by atoms with Crippen molar-refractivity contribution in [2.45, 2.75) is 25.8 Å². The summed E-state index contributed by atoms with van der Waals surface area (Å²) in [7, 11) is 0. The monoisotopic (exact) mass is 261 g/mol. The van der Waals surface area contributed by atoms with Gasteiger partial charge >= 0.3 is 0 Å². The highest BCUT2D eigenvalue weighted by molar-refractivity contribution is 5.22. The number of rotatable bonds is 2. The zero-order valence-corrected chi connectivity index (χ0v) is 11.8. The van der Waals surface area contributed by atoms with Crippen LogP contribution in [0.2, 0.25) is 0 Å². The molecule has 0 amide bonds. The van der Waals surface area contributed by atoms with E-state index in [2.05, 4.69) is 49.5 Å². The van der Waals surface area contributed by atoms with Crippen LogP contribution < -0.4 is 5.32 Å². The summed E-state index contributed by atoms with van der Waals surface area (Å²) < 4.78 is 11.4. The third kappa shape index (κ3) is 2.31. The molecular weight excluding hydrogens is 238 g/mol. The van der Waals surface area contributed by atoms with E-state index in [0.717, 1.165) is 19.8 Å². The van der Waals surface area contributed by atoms with Gasteiger partial charge in [0, 0.05) is 17.4 Å². The zero-order valence-electron chi connectivity index (χ0n) is 11.8. The van der Waals surface area contributed by atoms with Gasteiger partial charge in [-0.3, -0.25) is 5.32 Å². The van der Waals surface area contributed by atoms with Crippen molar-refractivity contribution in [1.29, 1.82) is 0 Å². The summed E-state index contributed by atoms with van der Waals surface area (Å²) in [6.07, 6.45) is 0. The predicted molar refractivity (Wildman–Crippen MR) is 75.0 cm³/mol. The number of hydrogen-bond donors (Lipinski definition) is 1. The van der Waals surface area contributed by atoms with Gasteiger partial charge in [-0.05, 0) is 11.5 Å². The van der Waals surface area contributed by atoms with E-state index in [0.29, 0.717) is 24.6 Å². The Morgan fingerprint density at radius 3 is 2.63 bits per heavy atom. The highest BCUT2D eigenvalue weighted by Gasteiger charge is 2.47. The third-order valence-electron chi connectivity index (χ3n) is 5.09. The lowest BCUT2D eigenvalue weighted by atomic mass is 9.65. The first-order chi connectivity index (χ1) is 9.22. The number of benzene rings is 1. The molecule has 1 aromatic rings. The molecule has 0 aliphatic carbocycles. The Labute approximate surface area is 115 Å². The van der Waals surface area contributed by atoms with Gasteiger partial charge in [-0.1, -0.05) is 44.2 Å². The van der Waals surface area contributed by atoms with Crippen LogP contribution in [0, 0.1) is 11.3 Å². The fraction of sp³-hybridized carbons (Fsp3) is 0.625. The van der Waals surface area contributed by atoms with Crippen molar-refractivity contribution in [3.63, 3.8) is 0 Å². The molecule has 0 bridgehead atoms. The van der Waals surface area contributed by atoms with Gasteiger partial charge in [0.25, 0.3) is 0 Å². The van der Waals surface area contributed by atoms with E-state index in [1.54, 1.807) is 0 Å². The Balaban J connectivity index is 1.84. The van der Waals surface area contributed by atoms with Gasteiger partial charge in [0.05, 0.1) is 26.6 Å². The summed E-state index contributed by atoms with van der Waals surface area (Å²) in [5.41, 5.74) is 1.52. The summed E-state index contributed by atoms with van der Waals surface area (Å²) >= 11 is 0. The van der Waals surface area contributed by atoms with Crippen LogP contribution in [0.3, 0.4) is 0 Å². The Hall–Kier alpha value is -0.900. The zero-order chi connectivity index (χ0) is 13.3. The van der Waals surface area contributed by atoms with Crippen molar-refractivity contribution in [3.05, 3.63) is 35.9 Å². The maximum atomic E-state index is 5.94. The maximum Gasteiger partial charge on any atom is 0.0969 e. The molecule has 1 aromatic carbocycles. The molecule has 0 saturated carbocycles. The van der Waals surface area contributed by atoms with Crippen LogP contribution in [-0.2, 0) is 9.47 Å². The molecule has 2 heterocycles. The molecule has 1 unspecified atom stereocenters. The SMILES string of the molecule is CC1[C@@H](c2ccccc2)COC[C@]1(C)[C@@H]1COCN1. The van der Waals surface area contributed by atoms with Crippen molar-refractivity contribution in [2.24, 2.45) is 11.3 Å². The normalized spacial score (nSPS) is 39.4. The molecular formula is C16H23NO2. The van der Waals surface area contributed by atoms with E-state index < -0.39 is 0 Å². The van der Waals surface area contributed by atoms with Crippen molar-refractivity contribution >= 4 is 0 Å². The smallest absolute Gasteiger partial charge is 0.0969 e. The molecule has 2 fully saturated rings. The maximum absolute atomic E-state index is 5.94. The largest absolute Gasteiger partial charge is 0.380 e. The van der Waals surface area contributed by atoms with Gasteiger partial charge in [-0.2, -0.15) is 0 Å². The number of ether oxygens (including phenoxy) is 2. The Bertz CT molecular complexity index is 416. The van der Waals surface area contributed by atoms with Gasteiger partial charge in [-0.25, -0.2) is 0 Å². The van der Waals surface area contributed by atoms with E-state index in [4.69, 9.17) is 9.47 Å². The lowest BCUT2D eigenvalue weighted by molar-refractivity contribution is -0.0687. The van der Waals surface area contributed by atoms with Gasteiger partial charge in [0.15, 0.2) is 0 Å². The van der Waals surface area contributed by atoms with E-state index >= 15 is 0 Å². The molecule has 1 N–H and O–H groups in total. The first-order valence-corrected chi connectivity index (χ1v) is 7.15. The van der Waals surface area contributed by atoms with Crippen LogP contribution in [0.5, 0.6) is 0 Å². The molecule has 2 saturated heterocycles. The van der Waals surface area contributed by atoms with Gasteiger partial charge < -0.3 is 9.47 Å². The van der Waals surface area contributed by atoms with Crippen LogP contribution >= 0.6 is 0 Å². The second-order valence-corrected chi connectivity index (χ2v) is 6.10. The fourth-order valence-corrected chi connectivity index (χ4v) is 3.46. The Morgan fingerprint density at radius 2 is 1.95 bits per heavy atom. The van der Waals surface area contributed by atoms with E-state index in [1.807, 2.05) is 0 Å². The van der Waals surface area contributed by atoms with Crippen molar-refractivity contribution < 1.29 is 9.47 Å². The summed E-state index contributed by atoms with van der Waals surface area (Å²) in [6.45, 7) is 7.81. The van der Waals surface area contributed by atoms with Crippen molar-refractivity contribution in [1.82, 2.24) is 5.32 Å². The van der Waals surface area contributed by atoms with Crippen LogP contribution in [0.1, 0.15) is 25.3 Å². The molecule has 4 atom stereocenters. The van der Waals surface area contributed by atoms with E-state index in [1.165, 1.54) is 5.56 Å². The molecule has 3 nitrogen and oxygen atoms in total. The van der Waals surface area contributed by atoms with Crippen LogP contribution in [0.15, 0.2) is 30.3 Å². The molecule has 3 heteroatoms. The second-order valence-electron chi connectivity index (χ2n) is 6.10. The van der Waals surface area contributed by atoms with E-state index in [9.17, 15) is 0 Å². The van der Waals surface area contributed by atoms with Gasteiger partial charge in [0.2, 0.25) is 0 Å². The van der Waals surface area contributed by atoms with E-state index in [-0.39, 0.29) is 5.41 Å². The summed E-state index contributed by atoms with van der Waals surface area (Å²) in [5.74, 6) is 1.05. The molecule has 0 aromatic heterocycles. The minimum Gasteiger partial charge on any atom is -0.380 e. The van der Waals surface area contributed by atoms with Crippen molar-refractivity contribution in [2.75, 3.05) is 26.6 Å². The molecule has 2 aliphatic rings. The number of hydrogen-bond acceptors (Lipinski definition) is 3. The van der Waals surface area contributed by atoms with Gasteiger partial charge in [-0.15, -0.1) is 0 Å². The lowest BCUT2D eigenvalue weighted by Gasteiger charge is -2.47. The second kappa shape index (κ2) is 5.23. The van der Waals surface area contributed by atoms with Crippen LogP contribution in [-0.4, -0.2) is 32.6 Å². The van der Waals surface area contributed by atoms with Gasteiger partial charge in [0.1, 0.15) is 0 Å². The fourth-order valence-electron chi connectivity index (χ4n) is 3.46. The summed E-state index contributed by atoms with van der Waals surface area (Å²) in [6, 6.07) is 11.1. The minimum atomic E-state index is 0.134. The third-order valence-corrected chi connectivity index (χ3v) is 5.09. The highest BCUT2D eigenvalue weighted by atomic mass is 16.5. The Morgan fingerprint density at radius 1 is 1.16 bits per heavy atom. The average molecular weight is 261 g/mol. The predicted octanol–water partition coefficient (Wildman–Crippen LogP) is 2.39. The Kier molecular flexibility index (Phi) is 3.61. The minimum absolute atomic E-state index is 0.134. The molecule has 0 radical (unpaired) electrons. The molecule has 2 aliphatic heterocycles. The molecule has 3 rings (SSSR count). The standard InChI is InChI=1S/C16H23NO2/c1-12-14(13-6-4-3-5-7-13)8-18-10-16(12,2)15-9-19-11-17-15/h3-7,12,14-15,17H,8-11H2,1-2H3/t12?,14-,15-,16-/m0/s1. The molecule has 104 valence electrons. The van der Waals surface area contributed by atoms with Crippen LogP contribution in [0.4, 0.5) is 0 Å². The first kappa shape index (κ1) is 13.1. The topological polar surface area (TPSA) is 30.5 Å². The average Bonchev–Trinajstić information content (AvgIpc) is 2.98. The lowest BCUT2D eigenvalue weighted by Crippen LogP contribution is -2.53. The molecule has 0 spiro atoms. The number of nitrogens with one attached hydrogen (secondary N) is 1. The summed E-state index contributed by atoms with van der Waals surface area (Å²) in [5, 5.41) is 3.47. The quantitative estimate of drug-likeness (QED) is 0.886.